The normalized spacial score (nSPS) is 11.2. The second-order valence-electron chi connectivity index (χ2n) is 7.74. The van der Waals surface area contributed by atoms with Crippen molar-refractivity contribution in [2.45, 2.75) is 27.3 Å². The van der Waals surface area contributed by atoms with Crippen molar-refractivity contribution in [1.29, 1.82) is 0 Å². The maximum atomic E-state index is 13.0. The van der Waals surface area contributed by atoms with Gasteiger partial charge in [0.15, 0.2) is 0 Å². The monoisotopic (exact) mass is 441 g/mol. The van der Waals surface area contributed by atoms with Gasteiger partial charge in [-0.2, -0.15) is 10.2 Å². The molecule has 7 heteroatoms. The van der Waals surface area contributed by atoms with Crippen LogP contribution in [0.1, 0.15) is 32.3 Å². The van der Waals surface area contributed by atoms with E-state index < -0.39 is 0 Å². The lowest BCUT2D eigenvalue weighted by atomic mass is 10.2. The molecule has 0 bridgehead atoms. The Balaban J connectivity index is 1.39. The number of nitrogens with one attached hydrogen (secondary N) is 1. The molecule has 0 saturated heterocycles. The summed E-state index contributed by atoms with van der Waals surface area (Å²) < 4.78 is 3.83. The number of benzene rings is 2. The van der Waals surface area contributed by atoms with E-state index in [0.717, 1.165) is 44.2 Å². The van der Waals surface area contributed by atoms with E-state index in [9.17, 15) is 4.79 Å². The van der Waals surface area contributed by atoms with E-state index in [-0.39, 0.29) is 5.91 Å². The van der Waals surface area contributed by atoms with Gasteiger partial charge in [-0.05, 0) is 51.1 Å². The molecule has 5 rings (SSSR count). The van der Waals surface area contributed by atoms with E-state index in [4.69, 9.17) is 0 Å². The van der Waals surface area contributed by atoms with Crippen LogP contribution in [0.2, 0.25) is 0 Å². The van der Waals surface area contributed by atoms with Crippen LogP contribution >= 0.6 is 11.3 Å². The number of nitrogens with zero attached hydrogens (tertiary/aromatic N) is 4. The number of aromatic nitrogens is 4. The average Bonchev–Trinajstić information content (AvgIpc) is 3.47. The van der Waals surface area contributed by atoms with Crippen LogP contribution < -0.4 is 5.32 Å². The molecule has 0 aliphatic rings. The van der Waals surface area contributed by atoms with Crippen LogP contribution in [-0.4, -0.2) is 25.5 Å². The predicted octanol–water partition coefficient (Wildman–Crippen LogP) is 5.13. The zero-order valence-electron chi connectivity index (χ0n) is 18.2. The SMILES string of the molecule is Cc1nn(-c2ccccc2)c(C)c1CNC(=O)c1cc2c(C)nn(-c3ccccc3)c2s1. The van der Waals surface area contributed by atoms with Crippen LogP contribution in [0.3, 0.4) is 0 Å². The molecule has 0 atom stereocenters. The predicted molar refractivity (Wildman–Crippen MR) is 128 cm³/mol. The fourth-order valence-electron chi connectivity index (χ4n) is 3.91. The van der Waals surface area contributed by atoms with E-state index in [0.29, 0.717) is 11.4 Å². The van der Waals surface area contributed by atoms with Gasteiger partial charge in [-0.25, -0.2) is 9.36 Å². The molecule has 160 valence electrons. The molecular formula is C25H23N5OS. The van der Waals surface area contributed by atoms with Crippen molar-refractivity contribution in [1.82, 2.24) is 24.9 Å². The molecule has 0 aliphatic heterocycles. The highest BCUT2D eigenvalue weighted by Gasteiger charge is 2.18. The molecule has 2 aromatic carbocycles. The van der Waals surface area contributed by atoms with Crippen molar-refractivity contribution in [3.05, 3.63) is 94.3 Å². The summed E-state index contributed by atoms with van der Waals surface area (Å²) in [5.74, 6) is -0.0866. The second-order valence-corrected chi connectivity index (χ2v) is 8.77. The maximum absolute atomic E-state index is 13.0. The Hall–Kier alpha value is -3.71. The molecule has 0 fully saturated rings. The van der Waals surface area contributed by atoms with Gasteiger partial charge in [0.25, 0.3) is 5.91 Å². The van der Waals surface area contributed by atoms with Crippen LogP contribution in [0.5, 0.6) is 0 Å². The van der Waals surface area contributed by atoms with Crippen molar-refractivity contribution in [3.63, 3.8) is 0 Å². The third kappa shape index (κ3) is 3.50. The summed E-state index contributed by atoms with van der Waals surface area (Å²) in [5, 5.41) is 13.4. The average molecular weight is 442 g/mol. The van der Waals surface area contributed by atoms with E-state index in [1.165, 1.54) is 11.3 Å². The van der Waals surface area contributed by atoms with Gasteiger partial charge >= 0.3 is 0 Å². The highest BCUT2D eigenvalue weighted by molar-refractivity contribution is 7.20. The summed E-state index contributed by atoms with van der Waals surface area (Å²) in [7, 11) is 0. The van der Waals surface area contributed by atoms with Crippen molar-refractivity contribution in [2.24, 2.45) is 0 Å². The van der Waals surface area contributed by atoms with Gasteiger partial charge in [0, 0.05) is 23.2 Å². The third-order valence-corrected chi connectivity index (χ3v) is 6.75. The first-order valence-corrected chi connectivity index (χ1v) is 11.3. The van der Waals surface area contributed by atoms with Gasteiger partial charge in [-0.15, -0.1) is 11.3 Å². The van der Waals surface area contributed by atoms with Crippen LogP contribution in [0, 0.1) is 20.8 Å². The Morgan fingerprint density at radius 3 is 2.12 bits per heavy atom. The number of rotatable bonds is 5. The quantitative estimate of drug-likeness (QED) is 0.411. The van der Waals surface area contributed by atoms with Crippen LogP contribution in [-0.2, 0) is 6.54 Å². The standard InChI is InChI=1S/C25H23N5OS/c1-16-21-14-23(32-25(21)30(28-16)20-12-8-5-9-13-20)24(31)26-15-22-17(2)27-29(18(22)3)19-10-6-4-7-11-19/h4-14H,15H2,1-3H3,(H,26,31). The number of carbonyl (C=O) groups is 1. The molecule has 1 N–H and O–H groups in total. The molecule has 0 radical (unpaired) electrons. The van der Waals surface area contributed by atoms with Gasteiger partial charge in [-0.1, -0.05) is 36.4 Å². The van der Waals surface area contributed by atoms with Crippen LogP contribution in [0.4, 0.5) is 0 Å². The van der Waals surface area contributed by atoms with E-state index in [1.54, 1.807) is 0 Å². The summed E-state index contributed by atoms with van der Waals surface area (Å²) >= 11 is 1.46. The largest absolute Gasteiger partial charge is 0.347 e. The molecule has 5 aromatic rings. The van der Waals surface area contributed by atoms with Gasteiger partial charge in [0.2, 0.25) is 0 Å². The molecule has 3 aromatic heterocycles. The minimum atomic E-state index is -0.0866. The van der Waals surface area contributed by atoms with Gasteiger partial charge in [0.05, 0.1) is 27.6 Å². The van der Waals surface area contributed by atoms with Gasteiger partial charge in [-0.3, -0.25) is 4.79 Å². The molecule has 6 nitrogen and oxygen atoms in total. The number of carbonyl (C=O) groups excluding carboxylic acids is 1. The fraction of sp³-hybridized carbons (Fsp3) is 0.160. The topological polar surface area (TPSA) is 64.7 Å². The Bertz CT molecular complexity index is 1410. The summed E-state index contributed by atoms with van der Waals surface area (Å²) in [4.78, 5) is 14.6. The van der Waals surface area contributed by atoms with Crippen molar-refractivity contribution >= 4 is 27.5 Å². The first-order valence-electron chi connectivity index (χ1n) is 10.5. The second kappa shape index (κ2) is 8.09. The lowest BCUT2D eigenvalue weighted by Crippen LogP contribution is -2.22. The lowest BCUT2D eigenvalue weighted by Gasteiger charge is -2.06. The van der Waals surface area contributed by atoms with Crippen molar-refractivity contribution in [2.75, 3.05) is 0 Å². The summed E-state index contributed by atoms with van der Waals surface area (Å²) in [6, 6.07) is 21.9. The van der Waals surface area contributed by atoms with Gasteiger partial charge < -0.3 is 5.32 Å². The minimum Gasteiger partial charge on any atom is -0.347 e. The number of para-hydroxylation sites is 2. The number of fused-ring (bicyclic) bond motifs is 1. The van der Waals surface area contributed by atoms with Crippen molar-refractivity contribution < 1.29 is 4.79 Å². The van der Waals surface area contributed by atoms with E-state index in [2.05, 4.69) is 15.5 Å². The number of amides is 1. The lowest BCUT2D eigenvalue weighted by molar-refractivity contribution is 0.0955. The third-order valence-electron chi connectivity index (χ3n) is 5.64. The number of hydrogen-bond acceptors (Lipinski definition) is 4. The highest BCUT2D eigenvalue weighted by Crippen LogP contribution is 2.30. The first kappa shape index (κ1) is 20.2. The van der Waals surface area contributed by atoms with E-state index >= 15 is 0 Å². The smallest absolute Gasteiger partial charge is 0.261 e. The number of hydrogen-bond donors (Lipinski definition) is 1. The summed E-state index contributed by atoms with van der Waals surface area (Å²) in [5.41, 5.74) is 5.89. The zero-order chi connectivity index (χ0) is 22.2. The van der Waals surface area contributed by atoms with E-state index in [1.807, 2.05) is 96.9 Å². The Morgan fingerprint density at radius 2 is 1.47 bits per heavy atom. The molecule has 1 amide bonds. The molecule has 0 spiro atoms. The maximum Gasteiger partial charge on any atom is 0.261 e. The molecule has 3 heterocycles. The Labute approximate surface area is 190 Å². The van der Waals surface area contributed by atoms with Crippen molar-refractivity contribution in [3.8, 4) is 11.4 Å². The molecular weight excluding hydrogens is 418 g/mol. The van der Waals surface area contributed by atoms with Gasteiger partial charge in [0.1, 0.15) is 4.83 Å². The summed E-state index contributed by atoms with van der Waals surface area (Å²) in [6.07, 6.45) is 0. The highest BCUT2D eigenvalue weighted by atomic mass is 32.1. The molecule has 0 unspecified atom stereocenters. The molecule has 0 aliphatic carbocycles. The number of aryl methyl sites for hydroxylation is 2. The van der Waals surface area contributed by atoms with Crippen LogP contribution in [0.25, 0.3) is 21.6 Å². The van der Waals surface area contributed by atoms with Crippen LogP contribution in [0.15, 0.2) is 66.7 Å². The zero-order valence-corrected chi connectivity index (χ0v) is 19.0. The molecule has 32 heavy (non-hydrogen) atoms. The first-order chi connectivity index (χ1) is 15.5. The fourth-order valence-corrected chi connectivity index (χ4v) is 5.01. The minimum absolute atomic E-state index is 0.0866. The summed E-state index contributed by atoms with van der Waals surface area (Å²) in [6.45, 7) is 6.42. The Kier molecular flexibility index (Phi) is 5.11. The molecule has 0 saturated carbocycles. The number of thiophene rings is 1. The Morgan fingerprint density at radius 1 is 0.875 bits per heavy atom.